The molecule has 0 atom stereocenters. The molecular weight excluding hydrogens is 287 g/mol. The SMILES string of the molecule is ClCc1nc2ccccc2n1Cc1ccc(Cl)s1. The third-order valence-corrected chi connectivity index (χ3v) is 4.25. The molecule has 18 heavy (non-hydrogen) atoms. The van der Waals surface area contributed by atoms with Crippen LogP contribution in [0.2, 0.25) is 4.34 Å². The maximum atomic E-state index is 5.97. The molecule has 0 aliphatic carbocycles. The van der Waals surface area contributed by atoms with E-state index in [1.54, 1.807) is 11.3 Å². The number of aromatic nitrogens is 2. The van der Waals surface area contributed by atoms with Gasteiger partial charge < -0.3 is 4.57 Å². The van der Waals surface area contributed by atoms with E-state index < -0.39 is 0 Å². The van der Waals surface area contributed by atoms with Gasteiger partial charge in [-0.25, -0.2) is 4.98 Å². The summed E-state index contributed by atoms with van der Waals surface area (Å²) in [6, 6.07) is 12.0. The van der Waals surface area contributed by atoms with E-state index in [-0.39, 0.29) is 0 Å². The van der Waals surface area contributed by atoms with E-state index in [0.717, 1.165) is 27.7 Å². The molecule has 0 aliphatic rings. The summed E-state index contributed by atoms with van der Waals surface area (Å²) in [5.41, 5.74) is 2.09. The van der Waals surface area contributed by atoms with E-state index >= 15 is 0 Å². The third-order valence-electron chi connectivity index (χ3n) is 2.80. The monoisotopic (exact) mass is 296 g/mol. The van der Waals surface area contributed by atoms with E-state index in [1.165, 1.54) is 4.88 Å². The van der Waals surface area contributed by atoms with Gasteiger partial charge in [0.2, 0.25) is 0 Å². The summed E-state index contributed by atoms with van der Waals surface area (Å²) in [4.78, 5) is 5.74. The molecule has 0 bridgehead atoms. The molecule has 0 saturated carbocycles. The second-order valence-electron chi connectivity index (χ2n) is 3.94. The molecule has 2 aromatic heterocycles. The minimum atomic E-state index is 0.411. The predicted molar refractivity (Wildman–Crippen MR) is 77.7 cm³/mol. The number of benzene rings is 1. The van der Waals surface area contributed by atoms with Crippen LogP contribution in [0.4, 0.5) is 0 Å². The summed E-state index contributed by atoms with van der Waals surface area (Å²) in [5.74, 6) is 1.30. The molecule has 3 rings (SSSR count). The molecule has 5 heteroatoms. The summed E-state index contributed by atoms with van der Waals surface area (Å²) < 4.78 is 2.95. The summed E-state index contributed by atoms with van der Waals surface area (Å²) in [6.45, 7) is 0.764. The van der Waals surface area contributed by atoms with Gasteiger partial charge in [-0.3, -0.25) is 0 Å². The van der Waals surface area contributed by atoms with Gasteiger partial charge in [-0.15, -0.1) is 22.9 Å². The van der Waals surface area contributed by atoms with Gasteiger partial charge >= 0.3 is 0 Å². The van der Waals surface area contributed by atoms with Crippen molar-refractivity contribution in [2.75, 3.05) is 0 Å². The Kier molecular flexibility index (Phi) is 3.29. The smallest absolute Gasteiger partial charge is 0.125 e. The van der Waals surface area contributed by atoms with E-state index in [9.17, 15) is 0 Å². The Labute approximate surface area is 119 Å². The van der Waals surface area contributed by atoms with Crippen molar-refractivity contribution in [3.8, 4) is 0 Å². The molecule has 2 heterocycles. The fourth-order valence-corrected chi connectivity index (χ4v) is 3.28. The zero-order valence-electron chi connectivity index (χ0n) is 9.44. The van der Waals surface area contributed by atoms with Crippen LogP contribution in [-0.2, 0) is 12.4 Å². The molecule has 0 amide bonds. The first-order valence-corrected chi connectivity index (χ1v) is 7.25. The maximum Gasteiger partial charge on any atom is 0.125 e. The lowest BCUT2D eigenvalue weighted by Gasteiger charge is -2.05. The standard InChI is InChI=1S/C13H10Cl2N2S/c14-7-13-16-10-3-1-2-4-11(10)17(13)8-9-5-6-12(15)18-9/h1-6H,7-8H2. The van der Waals surface area contributed by atoms with Crippen molar-refractivity contribution in [3.05, 3.63) is 51.4 Å². The van der Waals surface area contributed by atoms with Crippen LogP contribution >= 0.6 is 34.5 Å². The number of nitrogens with zero attached hydrogens (tertiary/aromatic N) is 2. The number of hydrogen-bond acceptors (Lipinski definition) is 2. The molecule has 0 spiro atoms. The average molecular weight is 297 g/mol. The van der Waals surface area contributed by atoms with Gasteiger partial charge in [0.05, 0.1) is 27.8 Å². The number of hydrogen-bond donors (Lipinski definition) is 0. The normalized spacial score (nSPS) is 11.2. The highest BCUT2D eigenvalue weighted by atomic mass is 35.5. The van der Waals surface area contributed by atoms with Crippen molar-refractivity contribution in [2.24, 2.45) is 0 Å². The summed E-state index contributed by atoms with van der Waals surface area (Å²) >= 11 is 13.5. The van der Waals surface area contributed by atoms with Gasteiger partial charge in [-0.05, 0) is 24.3 Å². The van der Waals surface area contributed by atoms with Gasteiger partial charge in [0.1, 0.15) is 5.82 Å². The Balaban J connectivity index is 2.09. The quantitative estimate of drug-likeness (QED) is 0.649. The Morgan fingerprint density at radius 2 is 2.00 bits per heavy atom. The van der Waals surface area contributed by atoms with Gasteiger partial charge in [0.15, 0.2) is 0 Å². The molecule has 1 aromatic carbocycles. The van der Waals surface area contributed by atoms with Crippen molar-refractivity contribution in [1.82, 2.24) is 9.55 Å². The highest BCUT2D eigenvalue weighted by molar-refractivity contribution is 7.16. The van der Waals surface area contributed by atoms with Crippen LogP contribution in [0.1, 0.15) is 10.7 Å². The zero-order chi connectivity index (χ0) is 12.5. The number of fused-ring (bicyclic) bond motifs is 1. The number of thiophene rings is 1. The minimum Gasteiger partial charge on any atom is -0.322 e. The second-order valence-corrected chi connectivity index (χ2v) is 6.01. The Hall–Kier alpha value is -1.03. The highest BCUT2D eigenvalue weighted by Gasteiger charge is 2.10. The largest absolute Gasteiger partial charge is 0.322 e. The average Bonchev–Trinajstić information content (AvgIpc) is 2.94. The molecule has 0 unspecified atom stereocenters. The van der Waals surface area contributed by atoms with E-state index in [2.05, 4.69) is 15.6 Å². The lowest BCUT2D eigenvalue weighted by atomic mass is 10.3. The first-order valence-electron chi connectivity index (χ1n) is 5.52. The molecule has 0 N–H and O–H groups in total. The van der Waals surface area contributed by atoms with Crippen molar-refractivity contribution in [1.29, 1.82) is 0 Å². The number of para-hydroxylation sites is 2. The minimum absolute atomic E-state index is 0.411. The Bertz CT molecular complexity index is 687. The molecule has 0 fully saturated rings. The molecule has 92 valence electrons. The first kappa shape index (κ1) is 12.0. The van der Waals surface area contributed by atoms with Crippen LogP contribution < -0.4 is 0 Å². The summed E-state index contributed by atoms with van der Waals surface area (Å²) in [5, 5.41) is 0. The second kappa shape index (κ2) is 4.92. The van der Waals surface area contributed by atoms with Crippen LogP contribution in [0, 0.1) is 0 Å². The molecule has 0 radical (unpaired) electrons. The maximum absolute atomic E-state index is 5.97. The highest BCUT2D eigenvalue weighted by Crippen LogP contribution is 2.25. The van der Waals surface area contributed by atoms with Crippen LogP contribution in [0.5, 0.6) is 0 Å². The Morgan fingerprint density at radius 3 is 2.72 bits per heavy atom. The molecule has 2 nitrogen and oxygen atoms in total. The fraction of sp³-hybridized carbons (Fsp3) is 0.154. The van der Waals surface area contributed by atoms with Gasteiger partial charge in [-0.1, -0.05) is 23.7 Å². The number of halogens is 2. The molecule has 0 aliphatic heterocycles. The van der Waals surface area contributed by atoms with E-state index in [0.29, 0.717) is 5.88 Å². The van der Waals surface area contributed by atoms with Gasteiger partial charge in [-0.2, -0.15) is 0 Å². The van der Waals surface area contributed by atoms with Crippen molar-refractivity contribution in [2.45, 2.75) is 12.4 Å². The van der Waals surface area contributed by atoms with Crippen LogP contribution in [0.3, 0.4) is 0 Å². The number of rotatable bonds is 3. The molecule has 3 aromatic rings. The summed E-state index contributed by atoms with van der Waals surface area (Å²) in [6.07, 6.45) is 0. The topological polar surface area (TPSA) is 17.8 Å². The Morgan fingerprint density at radius 1 is 1.17 bits per heavy atom. The van der Waals surface area contributed by atoms with E-state index in [4.69, 9.17) is 23.2 Å². The van der Waals surface area contributed by atoms with Crippen molar-refractivity contribution >= 4 is 45.6 Å². The van der Waals surface area contributed by atoms with Crippen LogP contribution in [0.15, 0.2) is 36.4 Å². The molecular formula is C13H10Cl2N2S. The number of alkyl halides is 1. The van der Waals surface area contributed by atoms with Gasteiger partial charge in [0.25, 0.3) is 0 Å². The van der Waals surface area contributed by atoms with Gasteiger partial charge in [0, 0.05) is 4.88 Å². The number of imidazole rings is 1. The fourth-order valence-electron chi connectivity index (χ4n) is 2.00. The van der Waals surface area contributed by atoms with Crippen molar-refractivity contribution < 1.29 is 0 Å². The van der Waals surface area contributed by atoms with Crippen LogP contribution in [-0.4, -0.2) is 9.55 Å². The van der Waals surface area contributed by atoms with E-state index in [1.807, 2.05) is 30.3 Å². The lowest BCUT2D eigenvalue weighted by molar-refractivity contribution is 0.789. The zero-order valence-corrected chi connectivity index (χ0v) is 11.8. The van der Waals surface area contributed by atoms with Crippen LogP contribution in [0.25, 0.3) is 11.0 Å². The lowest BCUT2D eigenvalue weighted by Crippen LogP contribution is -2.02. The predicted octanol–water partition coefficient (Wildman–Crippen LogP) is 4.54. The third kappa shape index (κ3) is 2.14. The first-order chi connectivity index (χ1) is 8.78. The van der Waals surface area contributed by atoms with Crippen molar-refractivity contribution in [3.63, 3.8) is 0 Å². The summed E-state index contributed by atoms with van der Waals surface area (Å²) in [7, 11) is 0. The molecule has 0 saturated heterocycles.